The van der Waals surface area contributed by atoms with E-state index in [1.165, 1.54) is 11.4 Å². The van der Waals surface area contributed by atoms with Crippen LogP contribution in [0.3, 0.4) is 0 Å². The van der Waals surface area contributed by atoms with Crippen LogP contribution >= 0.6 is 17.1 Å². The van der Waals surface area contributed by atoms with Crippen LogP contribution in [-0.4, -0.2) is 30.9 Å². The van der Waals surface area contributed by atoms with E-state index in [-0.39, 0.29) is 23.9 Å². The van der Waals surface area contributed by atoms with E-state index in [2.05, 4.69) is 5.32 Å². The summed E-state index contributed by atoms with van der Waals surface area (Å²) in [6.45, 7) is 7.63. The van der Waals surface area contributed by atoms with Crippen LogP contribution in [0.15, 0.2) is 0 Å². The Labute approximate surface area is 107 Å². The van der Waals surface area contributed by atoms with E-state index in [0.29, 0.717) is 0 Å². The highest BCUT2D eigenvalue weighted by Crippen LogP contribution is 2.62. The van der Waals surface area contributed by atoms with E-state index in [1.54, 1.807) is 7.05 Å². The number of carbonyl (C=O) groups is 1. The first-order chi connectivity index (χ1) is 7.29. The fraction of sp³-hybridized carbons (Fsp3) is 0.889. The highest BCUT2D eigenvalue weighted by atomic mass is 32.9. The molecule has 0 saturated heterocycles. The van der Waals surface area contributed by atoms with Gasteiger partial charge in [0.05, 0.1) is 18.0 Å². The second-order valence-corrected chi connectivity index (χ2v) is 9.92. The van der Waals surface area contributed by atoms with Crippen LogP contribution in [-0.2, 0) is 25.6 Å². The Morgan fingerprint density at radius 1 is 1.31 bits per heavy atom. The van der Waals surface area contributed by atoms with E-state index in [0.717, 1.165) is 0 Å². The molecule has 0 saturated carbocycles. The van der Waals surface area contributed by atoms with Gasteiger partial charge in [0.15, 0.2) is 0 Å². The maximum atomic E-state index is 11.2. The van der Waals surface area contributed by atoms with Crippen LogP contribution in [0.25, 0.3) is 0 Å². The molecule has 0 heterocycles. The SMILES string of the molecule is CNC(=O)CSP(=S)(OC(C)C)OC(C)C. The van der Waals surface area contributed by atoms with Gasteiger partial charge in [-0.2, -0.15) is 0 Å². The lowest BCUT2D eigenvalue weighted by Gasteiger charge is -2.25. The van der Waals surface area contributed by atoms with E-state index < -0.39 is 5.69 Å². The Kier molecular flexibility index (Phi) is 7.85. The van der Waals surface area contributed by atoms with Crippen molar-refractivity contribution in [2.75, 3.05) is 12.8 Å². The molecule has 0 aliphatic heterocycles. The van der Waals surface area contributed by atoms with Gasteiger partial charge in [-0.05, 0) is 39.5 Å². The molecule has 96 valence electrons. The summed E-state index contributed by atoms with van der Waals surface area (Å²) in [5, 5.41) is 2.54. The van der Waals surface area contributed by atoms with Crippen LogP contribution in [0.4, 0.5) is 0 Å². The van der Waals surface area contributed by atoms with E-state index in [1.807, 2.05) is 27.7 Å². The molecule has 0 aliphatic rings. The number of amides is 1. The van der Waals surface area contributed by atoms with Crippen LogP contribution < -0.4 is 5.32 Å². The van der Waals surface area contributed by atoms with Crippen molar-refractivity contribution in [1.82, 2.24) is 5.32 Å². The minimum absolute atomic E-state index is 0.00164. The molecule has 0 aromatic rings. The third kappa shape index (κ3) is 7.63. The van der Waals surface area contributed by atoms with E-state index >= 15 is 0 Å². The van der Waals surface area contributed by atoms with Crippen molar-refractivity contribution < 1.29 is 13.8 Å². The van der Waals surface area contributed by atoms with Crippen molar-refractivity contribution >= 4 is 34.8 Å². The number of rotatable bonds is 7. The molecule has 0 bridgehead atoms. The maximum absolute atomic E-state index is 11.2. The standard InChI is InChI=1S/C9H20NO3PS2/c1-7(2)12-14(15,13-8(3)4)16-6-9(11)10-5/h7-8H,6H2,1-5H3,(H,10,11). The lowest BCUT2D eigenvalue weighted by molar-refractivity contribution is -0.118. The molecular formula is C9H20NO3PS2. The van der Waals surface area contributed by atoms with Crippen LogP contribution in [0.1, 0.15) is 27.7 Å². The highest BCUT2D eigenvalue weighted by molar-refractivity contribution is 8.68. The summed E-state index contributed by atoms with van der Waals surface area (Å²) >= 11 is 6.65. The Morgan fingerprint density at radius 3 is 2.06 bits per heavy atom. The molecule has 16 heavy (non-hydrogen) atoms. The predicted octanol–water partition coefficient (Wildman–Crippen LogP) is 2.54. The highest BCUT2D eigenvalue weighted by Gasteiger charge is 2.24. The first kappa shape index (κ1) is 16.4. The van der Waals surface area contributed by atoms with Crippen molar-refractivity contribution in [3.8, 4) is 0 Å². The molecule has 0 unspecified atom stereocenters. The molecule has 7 heteroatoms. The summed E-state index contributed by atoms with van der Waals surface area (Å²) in [4.78, 5) is 11.2. The molecule has 0 aromatic carbocycles. The number of nitrogens with one attached hydrogen (secondary N) is 1. The Morgan fingerprint density at radius 2 is 1.75 bits per heavy atom. The maximum Gasteiger partial charge on any atom is 0.248 e. The molecule has 1 amide bonds. The largest absolute Gasteiger partial charge is 0.358 e. The van der Waals surface area contributed by atoms with Gasteiger partial charge in [0.1, 0.15) is 0 Å². The average Bonchev–Trinajstić information content (AvgIpc) is 2.11. The van der Waals surface area contributed by atoms with Crippen molar-refractivity contribution in [2.45, 2.75) is 39.9 Å². The summed E-state index contributed by atoms with van der Waals surface area (Å²) in [5.41, 5.74) is -2.41. The molecule has 0 aliphatic carbocycles. The molecule has 0 fully saturated rings. The second-order valence-electron chi connectivity index (χ2n) is 3.70. The average molecular weight is 285 g/mol. The summed E-state index contributed by atoms with van der Waals surface area (Å²) < 4.78 is 11.3. The monoisotopic (exact) mass is 285 g/mol. The van der Waals surface area contributed by atoms with Crippen LogP contribution in [0.2, 0.25) is 0 Å². The van der Waals surface area contributed by atoms with Gasteiger partial charge in [-0.25, -0.2) is 0 Å². The Balaban J connectivity index is 4.41. The lowest BCUT2D eigenvalue weighted by atomic mass is 10.5. The van der Waals surface area contributed by atoms with Crippen LogP contribution in [0, 0.1) is 0 Å². The molecule has 1 N–H and O–H groups in total. The minimum Gasteiger partial charge on any atom is -0.358 e. The van der Waals surface area contributed by atoms with Crippen molar-refractivity contribution in [2.24, 2.45) is 0 Å². The first-order valence-electron chi connectivity index (χ1n) is 5.11. The van der Waals surface area contributed by atoms with Gasteiger partial charge >= 0.3 is 0 Å². The smallest absolute Gasteiger partial charge is 0.248 e. The third-order valence-electron chi connectivity index (χ3n) is 1.31. The zero-order valence-corrected chi connectivity index (χ0v) is 12.9. The Bertz CT molecular complexity index is 257. The molecule has 0 radical (unpaired) electrons. The zero-order chi connectivity index (χ0) is 12.8. The molecule has 0 aromatic heterocycles. The predicted molar refractivity (Wildman–Crippen MR) is 73.3 cm³/mol. The lowest BCUT2D eigenvalue weighted by Crippen LogP contribution is -2.20. The third-order valence-corrected chi connectivity index (χ3v) is 6.70. The summed E-state index contributed by atoms with van der Waals surface area (Å²) in [7, 11) is 1.60. The fourth-order valence-electron chi connectivity index (χ4n) is 0.812. The molecule has 0 rings (SSSR count). The van der Waals surface area contributed by atoms with Gasteiger partial charge in [-0.1, -0.05) is 11.4 Å². The van der Waals surface area contributed by atoms with Gasteiger partial charge in [0.2, 0.25) is 11.6 Å². The molecular weight excluding hydrogens is 265 g/mol. The topological polar surface area (TPSA) is 47.6 Å². The van der Waals surface area contributed by atoms with Gasteiger partial charge in [0, 0.05) is 7.05 Å². The van der Waals surface area contributed by atoms with Crippen LogP contribution in [0.5, 0.6) is 0 Å². The first-order valence-corrected chi connectivity index (χ1v) is 9.34. The number of hydrogen-bond donors (Lipinski definition) is 1. The summed E-state index contributed by atoms with van der Waals surface area (Å²) in [6, 6.07) is 0. The minimum atomic E-state index is -2.41. The summed E-state index contributed by atoms with van der Waals surface area (Å²) in [5.74, 6) is 0.201. The van der Waals surface area contributed by atoms with E-state index in [9.17, 15) is 4.79 Å². The Hall–Kier alpha value is 0.390. The summed E-state index contributed by atoms with van der Waals surface area (Å²) in [6.07, 6.45) is 0.00328. The fourth-order valence-corrected chi connectivity index (χ4v) is 6.17. The molecule has 0 atom stereocenters. The quantitative estimate of drug-likeness (QED) is 0.728. The van der Waals surface area contributed by atoms with Gasteiger partial charge in [0.25, 0.3) is 0 Å². The van der Waals surface area contributed by atoms with Crippen molar-refractivity contribution in [3.63, 3.8) is 0 Å². The number of carbonyl (C=O) groups excluding carboxylic acids is 1. The van der Waals surface area contributed by atoms with E-state index in [4.69, 9.17) is 20.9 Å². The normalized spacial score (nSPS) is 12.2. The van der Waals surface area contributed by atoms with Crippen molar-refractivity contribution in [1.29, 1.82) is 0 Å². The second kappa shape index (κ2) is 7.67. The molecule has 4 nitrogen and oxygen atoms in total. The molecule has 0 spiro atoms. The van der Waals surface area contributed by atoms with Crippen molar-refractivity contribution in [3.05, 3.63) is 0 Å². The van der Waals surface area contributed by atoms with Gasteiger partial charge < -0.3 is 14.4 Å². The number of hydrogen-bond acceptors (Lipinski definition) is 5. The van der Waals surface area contributed by atoms with Gasteiger partial charge in [-0.3, -0.25) is 4.79 Å². The van der Waals surface area contributed by atoms with Gasteiger partial charge in [-0.15, -0.1) is 0 Å². The zero-order valence-electron chi connectivity index (χ0n) is 10.4.